The minimum Gasteiger partial charge on any atom is -0.489 e. The monoisotopic (exact) mass is 278 g/mol. The fourth-order valence-corrected chi connectivity index (χ4v) is 2.54. The van der Waals surface area contributed by atoms with Crippen molar-refractivity contribution < 1.29 is 14.3 Å². The standard InChI is InChI=1S/C12H14N4O4/c13-12(5-1-2-6-12)7-19-9-4-3-8(16(17)18)10-11(9)15-20-14-10/h3-4H,1-2,5-7,13H2. The first kappa shape index (κ1) is 12.8. The molecule has 1 saturated carbocycles. The average molecular weight is 278 g/mol. The fraction of sp³-hybridized carbons (Fsp3) is 0.500. The zero-order valence-electron chi connectivity index (χ0n) is 10.7. The third-order valence-corrected chi connectivity index (χ3v) is 3.67. The van der Waals surface area contributed by atoms with Gasteiger partial charge in [-0.25, -0.2) is 4.63 Å². The summed E-state index contributed by atoms with van der Waals surface area (Å²) in [5.41, 5.74) is 6.07. The highest BCUT2D eigenvalue weighted by Crippen LogP contribution is 2.32. The van der Waals surface area contributed by atoms with Crippen LogP contribution in [0.15, 0.2) is 16.8 Å². The van der Waals surface area contributed by atoms with E-state index in [4.69, 9.17) is 10.5 Å². The van der Waals surface area contributed by atoms with Crippen LogP contribution in [0.25, 0.3) is 11.0 Å². The van der Waals surface area contributed by atoms with Gasteiger partial charge in [0, 0.05) is 6.07 Å². The Kier molecular flexibility index (Phi) is 3.01. The second kappa shape index (κ2) is 4.71. The molecule has 1 fully saturated rings. The maximum atomic E-state index is 10.9. The largest absolute Gasteiger partial charge is 0.489 e. The smallest absolute Gasteiger partial charge is 0.301 e. The topological polar surface area (TPSA) is 117 Å². The van der Waals surface area contributed by atoms with Crippen molar-refractivity contribution in [2.24, 2.45) is 5.73 Å². The molecule has 106 valence electrons. The van der Waals surface area contributed by atoms with Crippen LogP contribution >= 0.6 is 0 Å². The normalized spacial score (nSPS) is 17.4. The van der Waals surface area contributed by atoms with Gasteiger partial charge < -0.3 is 10.5 Å². The number of nitrogens with zero attached hydrogens (tertiary/aromatic N) is 3. The number of ether oxygens (including phenoxy) is 1. The van der Waals surface area contributed by atoms with E-state index in [1.54, 1.807) is 0 Å². The van der Waals surface area contributed by atoms with E-state index in [0.29, 0.717) is 12.4 Å². The molecule has 1 aliphatic carbocycles. The van der Waals surface area contributed by atoms with Gasteiger partial charge in [0.15, 0.2) is 11.3 Å². The molecule has 1 aromatic carbocycles. The van der Waals surface area contributed by atoms with Gasteiger partial charge in [0.2, 0.25) is 5.52 Å². The lowest BCUT2D eigenvalue weighted by molar-refractivity contribution is -0.383. The van der Waals surface area contributed by atoms with Gasteiger partial charge in [-0.3, -0.25) is 10.1 Å². The third kappa shape index (κ3) is 2.18. The zero-order valence-corrected chi connectivity index (χ0v) is 10.7. The summed E-state index contributed by atoms with van der Waals surface area (Å²) in [7, 11) is 0. The van der Waals surface area contributed by atoms with Crippen molar-refractivity contribution in [3.63, 3.8) is 0 Å². The first-order chi connectivity index (χ1) is 9.59. The van der Waals surface area contributed by atoms with E-state index in [0.717, 1.165) is 25.7 Å². The number of rotatable bonds is 4. The maximum absolute atomic E-state index is 10.9. The summed E-state index contributed by atoms with van der Waals surface area (Å²) in [5, 5.41) is 18.1. The third-order valence-electron chi connectivity index (χ3n) is 3.67. The second-order valence-corrected chi connectivity index (χ2v) is 5.16. The van der Waals surface area contributed by atoms with Crippen LogP contribution in [-0.4, -0.2) is 27.4 Å². The van der Waals surface area contributed by atoms with Gasteiger partial charge in [0.1, 0.15) is 6.61 Å². The molecule has 8 heteroatoms. The summed E-state index contributed by atoms with van der Waals surface area (Å²) >= 11 is 0. The number of benzene rings is 1. The van der Waals surface area contributed by atoms with Crippen molar-refractivity contribution in [1.82, 2.24) is 10.3 Å². The van der Waals surface area contributed by atoms with E-state index in [2.05, 4.69) is 14.9 Å². The van der Waals surface area contributed by atoms with Gasteiger partial charge >= 0.3 is 5.69 Å². The molecule has 0 amide bonds. The molecule has 0 unspecified atom stereocenters. The van der Waals surface area contributed by atoms with Gasteiger partial charge in [0.25, 0.3) is 0 Å². The van der Waals surface area contributed by atoms with Crippen molar-refractivity contribution in [3.8, 4) is 5.75 Å². The molecule has 0 aliphatic heterocycles. The molecule has 0 atom stereocenters. The van der Waals surface area contributed by atoms with Crippen LogP contribution in [0.2, 0.25) is 0 Å². The molecule has 1 aromatic heterocycles. The summed E-state index contributed by atoms with van der Waals surface area (Å²) in [6.45, 7) is 0.354. The van der Waals surface area contributed by atoms with E-state index in [1.807, 2.05) is 0 Å². The van der Waals surface area contributed by atoms with E-state index >= 15 is 0 Å². The minimum absolute atomic E-state index is 0.0880. The summed E-state index contributed by atoms with van der Waals surface area (Å²) in [5.74, 6) is 0.406. The number of fused-ring (bicyclic) bond motifs is 1. The Bertz CT molecular complexity index is 648. The van der Waals surface area contributed by atoms with Gasteiger partial charge in [-0.1, -0.05) is 12.8 Å². The molecular formula is C12H14N4O4. The van der Waals surface area contributed by atoms with Crippen LogP contribution in [0.4, 0.5) is 5.69 Å². The van der Waals surface area contributed by atoms with Crippen molar-refractivity contribution in [3.05, 3.63) is 22.2 Å². The van der Waals surface area contributed by atoms with Crippen LogP contribution in [0, 0.1) is 10.1 Å². The lowest BCUT2D eigenvalue weighted by atomic mass is 10.0. The highest BCUT2D eigenvalue weighted by atomic mass is 16.6. The first-order valence-electron chi connectivity index (χ1n) is 6.40. The summed E-state index contributed by atoms with van der Waals surface area (Å²) in [6, 6.07) is 2.84. The highest BCUT2D eigenvalue weighted by Gasteiger charge is 2.31. The predicted octanol–water partition coefficient (Wildman–Crippen LogP) is 1.78. The SMILES string of the molecule is NC1(COc2ccc([N+](=O)[O-])c3nonc23)CCCC1. The van der Waals surface area contributed by atoms with E-state index in [9.17, 15) is 10.1 Å². The van der Waals surface area contributed by atoms with Crippen molar-refractivity contribution in [1.29, 1.82) is 0 Å². The maximum Gasteiger partial charge on any atom is 0.301 e. The minimum atomic E-state index is -0.530. The Labute approximate surface area is 114 Å². The van der Waals surface area contributed by atoms with Crippen molar-refractivity contribution >= 4 is 16.7 Å². The Morgan fingerprint density at radius 3 is 2.75 bits per heavy atom. The van der Waals surface area contributed by atoms with E-state index in [-0.39, 0.29) is 22.3 Å². The molecule has 0 spiro atoms. The second-order valence-electron chi connectivity index (χ2n) is 5.16. The quantitative estimate of drug-likeness (QED) is 0.668. The highest BCUT2D eigenvalue weighted by molar-refractivity contribution is 5.88. The Hall–Kier alpha value is -2.22. The van der Waals surface area contributed by atoms with Crippen LogP contribution in [-0.2, 0) is 0 Å². The Morgan fingerprint density at radius 1 is 1.35 bits per heavy atom. The van der Waals surface area contributed by atoms with E-state index < -0.39 is 4.92 Å². The molecule has 1 heterocycles. The molecule has 20 heavy (non-hydrogen) atoms. The molecule has 8 nitrogen and oxygen atoms in total. The lowest BCUT2D eigenvalue weighted by Gasteiger charge is -2.23. The van der Waals surface area contributed by atoms with Gasteiger partial charge in [-0.2, -0.15) is 0 Å². The molecule has 0 bridgehead atoms. The van der Waals surface area contributed by atoms with Crippen molar-refractivity contribution in [2.75, 3.05) is 6.61 Å². The van der Waals surface area contributed by atoms with Gasteiger partial charge in [-0.15, -0.1) is 0 Å². The number of nitro groups is 1. The summed E-state index contributed by atoms with van der Waals surface area (Å²) < 4.78 is 10.3. The average Bonchev–Trinajstić information content (AvgIpc) is 3.05. The molecule has 1 aliphatic rings. The van der Waals surface area contributed by atoms with Crippen LogP contribution in [0.5, 0.6) is 5.75 Å². The molecule has 0 radical (unpaired) electrons. The van der Waals surface area contributed by atoms with Crippen LogP contribution < -0.4 is 10.5 Å². The molecule has 3 rings (SSSR count). The van der Waals surface area contributed by atoms with Crippen LogP contribution in [0.3, 0.4) is 0 Å². The Balaban J connectivity index is 1.87. The molecule has 2 aromatic rings. The van der Waals surface area contributed by atoms with Gasteiger partial charge in [0.05, 0.1) is 10.5 Å². The Morgan fingerprint density at radius 2 is 2.05 bits per heavy atom. The molecular weight excluding hydrogens is 264 g/mol. The fourth-order valence-electron chi connectivity index (χ4n) is 2.54. The number of nitrogens with two attached hydrogens (primary N) is 1. The van der Waals surface area contributed by atoms with Crippen molar-refractivity contribution in [2.45, 2.75) is 31.2 Å². The van der Waals surface area contributed by atoms with Crippen LogP contribution in [0.1, 0.15) is 25.7 Å². The number of hydrogen-bond donors (Lipinski definition) is 1. The number of hydrogen-bond acceptors (Lipinski definition) is 7. The summed E-state index contributed by atoms with van der Waals surface area (Å²) in [4.78, 5) is 10.3. The summed E-state index contributed by atoms with van der Waals surface area (Å²) in [6.07, 6.45) is 4.03. The first-order valence-corrected chi connectivity index (χ1v) is 6.40. The van der Waals surface area contributed by atoms with Gasteiger partial charge in [-0.05, 0) is 29.2 Å². The number of aromatic nitrogens is 2. The van der Waals surface area contributed by atoms with E-state index in [1.165, 1.54) is 12.1 Å². The lowest BCUT2D eigenvalue weighted by Crippen LogP contribution is -2.42. The molecule has 2 N–H and O–H groups in total. The number of nitro benzene ring substituents is 1. The zero-order chi connectivity index (χ0) is 14.2. The molecule has 0 saturated heterocycles. The predicted molar refractivity (Wildman–Crippen MR) is 69.3 cm³/mol. The number of non-ortho nitro benzene ring substituents is 1.